The standard InChI is InChI=1S/C15H21N3O/c1-2-9-18-15(7-8-17-18)11-16-10-13-3-5-14(12-19)6-4-13/h3-8,16,19H,2,9-12H2,1H3. The Labute approximate surface area is 114 Å². The van der Waals surface area contributed by atoms with Gasteiger partial charge in [-0.1, -0.05) is 31.2 Å². The zero-order chi connectivity index (χ0) is 13.5. The summed E-state index contributed by atoms with van der Waals surface area (Å²) in [6, 6.07) is 10.1. The van der Waals surface area contributed by atoms with Crippen molar-refractivity contribution in [1.29, 1.82) is 0 Å². The number of hydrogen-bond donors (Lipinski definition) is 2. The fourth-order valence-corrected chi connectivity index (χ4v) is 2.02. The minimum absolute atomic E-state index is 0.101. The molecule has 0 aliphatic carbocycles. The van der Waals surface area contributed by atoms with Crippen molar-refractivity contribution < 1.29 is 5.11 Å². The molecule has 0 bridgehead atoms. The van der Waals surface area contributed by atoms with Crippen LogP contribution in [-0.4, -0.2) is 14.9 Å². The van der Waals surface area contributed by atoms with Gasteiger partial charge in [0.05, 0.1) is 12.3 Å². The quantitative estimate of drug-likeness (QED) is 0.800. The van der Waals surface area contributed by atoms with E-state index in [9.17, 15) is 0 Å². The molecule has 2 N–H and O–H groups in total. The predicted octanol–water partition coefficient (Wildman–Crippen LogP) is 2.08. The van der Waals surface area contributed by atoms with Gasteiger partial charge in [-0.3, -0.25) is 4.68 Å². The second kappa shape index (κ2) is 7.07. The van der Waals surface area contributed by atoms with E-state index in [0.29, 0.717) is 0 Å². The van der Waals surface area contributed by atoms with Crippen molar-refractivity contribution in [3.8, 4) is 0 Å². The Hall–Kier alpha value is -1.65. The summed E-state index contributed by atoms with van der Waals surface area (Å²) in [4.78, 5) is 0. The van der Waals surface area contributed by atoms with E-state index in [1.807, 2.05) is 35.1 Å². The smallest absolute Gasteiger partial charge is 0.0681 e. The molecule has 0 saturated carbocycles. The molecule has 2 rings (SSSR count). The van der Waals surface area contributed by atoms with Crippen LogP contribution < -0.4 is 5.32 Å². The third-order valence-electron chi connectivity index (χ3n) is 3.08. The van der Waals surface area contributed by atoms with Gasteiger partial charge in [0.1, 0.15) is 0 Å². The third-order valence-corrected chi connectivity index (χ3v) is 3.08. The number of aliphatic hydroxyl groups excluding tert-OH is 1. The number of aryl methyl sites for hydroxylation is 1. The number of aliphatic hydroxyl groups is 1. The van der Waals surface area contributed by atoms with Crippen LogP contribution in [0, 0.1) is 0 Å². The number of hydrogen-bond acceptors (Lipinski definition) is 3. The first kappa shape index (κ1) is 13.8. The first-order valence-electron chi connectivity index (χ1n) is 6.73. The summed E-state index contributed by atoms with van der Waals surface area (Å²) >= 11 is 0. The van der Waals surface area contributed by atoms with E-state index in [0.717, 1.165) is 31.6 Å². The maximum atomic E-state index is 8.99. The summed E-state index contributed by atoms with van der Waals surface area (Å²) in [5.41, 5.74) is 3.39. The van der Waals surface area contributed by atoms with Crippen LogP contribution in [0.3, 0.4) is 0 Å². The van der Waals surface area contributed by atoms with Crippen LogP contribution in [-0.2, 0) is 26.2 Å². The fraction of sp³-hybridized carbons (Fsp3) is 0.400. The lowest BCUT2D eigenvalue weighted by Crippen LogP contribution is -2.16. The molecule has 4 nitrogen and oxygen atoms in total. The van der Waals surface area contributed by atoms with Crippen LogP contribution in [0.4, 0.5) is 0 Å². The Morgan fingerprint density at radius 2 is 1.84 bits per heavy atom. The molecule has 0 saturated heterocycles. The molecule has 1 aromatic heterocycles. The Bertz CT molecular complexity index is 490. The second-order valence-corrected chi connectivity index (χ2v) is 4.62. The van der Waals surface area contributed by atoms with Crippen molar-refractivity contribution in [3.05, 3.63) is 53.3 Å². The van der Waals surface area contributed by atoms with E-state index in [1.165, 1.54) is 11.3 Å². The van der Waals surface area contributed by atoms with E-state index < -0.39 is 0 Å². The molecule has 0 unspecified atom stereocenters. The van der Waals surface area contributed by atoms with E-state index in [1.54, 1.807) is 0 Å². The number of benzene rings is 1. The topological polar surface area (TPSA) is 50.1 Å². The van der Waals surface area contributed by atoms with Gasteiger partial charge in [0, 0.05) is 25.8 Å². The Morgan fingerprint density at radius 1 is 1.11 bits per heavy atom. The van der Waals surface area contributed by atoms with Crippen molar-refractivity contribution in [2.45, 2.75) is 39.6 Å². The summed E-state index contributed by atoms with van der Waals surface area (Å²) in [6.07, 6.45) is 2.94. The summed E-state index contributed by atoms with van der Waals surface area (Å²) in [7, 11) is 0. The molecule has 0 fully saturated rings. The van der Waals surface area contributed by atoms with Crippen LogP contribution in [0.5, 0.6) is 0 Å². The van der Waals surface area contributed by atoms with E-state index in [4.69, 9.17) is 5.11 Å². The molecule has 0 amide bonds. The summed E-state index contributed by atoms with van der Waals surface area (Å²) in [5.74, 6) is 0. The molecular formula is C15H21N3O. The van der Waals surface area contributed by atoms with Crippen molar-refractivity contribution in [2.24, 2.45) is 0 Å². The fourth-order valence-electron chi connectivity index (χ4n) is 2.02. The monoisotopic (exact) mass is 259 g/mol. The van der Waals surface area contributed by atoms with Gasteiger partial charge in [-0.25, -0.2) is 0 Å². The number of aromatic nitrogens is 2. The zero-order valence-corrected chi connectivity index (χ0v) is 11.3. The largest absolute Gasteiger partial charge is 0.392 e. The highest BCUT2D eigenvalue weighted by atomic mass is 16.3. The molecule has 4 heteroatoms. The predicted molar refractivity (Wildman–Crippen MR) is 75.4 cm³/mol. The maximum Gasteiger partial charge on any atom is 0.0681 e. The number of rotatable bonds is 7. The second-order valence-electron chi connectivity index (χ2n) is 4.62. The van der Waals surface area contributed by atoms with Crippen LogP contribution in [0.2, 0.25) is 0 Å². The van der Waals surface area contributed by atoms with Gasteiger partial charge in [0.15, 0.2) is 0 Å². The van der Waals surface area contributed by atoms with Crippen LogP contribution in [0.15, 0.2) is 36.5 Å². The molecular weight excluding hydrogens is 238 g/mol. The maximum absolute atomic E-state index is 8.99. The molecule has 0 radical (unpaired) electrons. The SMILES string of the molecule is CCCn1nccc1CNCc1ccc(CO)cc1. The third kappa shape index (κ3) is 3.91. The molecule has 1 aromatic carbocycles. The molecule has 0 spiro atoms. The average molecular weight is 259 g/mol. The lowest BCUT2D eigenvalue weighted by atomic mass is 10.1. The minimum Gasteiger partial charge on any atom is -0.392 e. The molecule has 0 aliphatic heterocycles. The first-order valence-corrected chi connectivity index (χ1v) is 6.73. The highest BCUT2D eigenvalue weighted by Gasteiger charge is 2.01. The average Bonchev–Trinajstić information content (AvgIpc) is 2.88. The summed E-state index contributed by atoms with van der Waals surface area (Å²) in [5, 5.41) is 16.7. The highest BCUT2D eigenvalue weighted by molar-refractivity contribution is 5.21. The molecule has 19 heavy (non-hydrogen) atoms. The molecule has 0 atom stereocenters. The van der Waals surface area contributed by atoms with E-state index in [2.05, 4.69) is 23.4 Å². The normalized spacial score (nSPS) is 10.8. The van der Waals surface area contributed by atoms with Crippen molar-refractivity contribution in [3.63, 3.8) is 0 Å². The van der Waals surface area contributed by atoms with Gasteiger partial charge in [-0.15, -0.1) is 0 Å². The molecule has 2 aromatic rings. The van der Waals surface area contributed by atoms with E-state index in [-0.39, 0.29) is 6.61 Å². The van der Waals surface area contributed by atoms with Crippen LogP contribution >= 0.6 is 0 Å². The lowest BCUT2D eigenvalue weighted by Gasteiger charge is -2.08. The van der Waals surface area contributed by atoms with Gasteiger partial charge >= 0.3 is 0 Å². The molecule has 1 heterocycles. The Morgan fingerprint density at radius 3 is 2.53 bits per heavy atom. The first-order chi connectivity index (χ1) is 9.33. The molecule has 0 aliphatic rings. The van der Waals surface area contributed by atoms with E-state index >= 15 is 0 Å². The van der Waals surface area contributed by atoms with Crippen molar-refractivity contribution >= 4 is 0 Å². The Kier molecular flexibility index (Phi) is 5.12. The number of nitrogens with one attached hydrogen (secondary N) is 1. The summed E-state index contributed by atoms with van der Waals surface area (Å²) in [6.45, 7) is 4.87. The van der Waals surface area contributed by atoms with Gasteiger partial charge in [-0.05, 0) is 23.6 Å². The van der Waals surface area contributed by atoms with Gasteiger partial charge < -0.3 is 10.4 Å². The lowest BCUT2D eigenvalue weighted by molar-refractivity contribution is 0.282. The Balaban J connectivity index is 1.83. The number of nitrogens with zero attached hydrogens (tertiary/aromatic N) is 2. The molecule has 102 valence electrons. The van der Waals surface area contributed by atoms with Crippen molar-refractivity contribution in [1.82, 2.24) is 15.1 Å². The highest BCUT2D eigenvalue weighted by Crippen LogP contribution is 2.05. The van der Waals surface area contributed by atoms with Crippen LogP contribution in [0.25, 0.3) is 0 Å². The van der Waals surface area contributed by atoms with Gasteiger partial charge in [0.2, 0.25) is 0 Å². The van der Waals surface area contributed by atoms with Crippen LogP contribution in [0.1, 0.15) is 30.2 Å². The van der Waals surface area contributed by atoms with Crippen molar-refractivity contribution in [2.75, 3.05) is 0 Å². The minimum atomic E-state index is 0.101. The van der Waals surface area contributed by atoms with Gasteiger partial charge in [-0.2, -0.15) is 5.10 Å². The van der Waals surface area contributed by atoms with Gasteiger partial charge in [0.25, 0.3) is 0 Å². The zero-order valence-electron chi connectivity index (χ0n) is 11.3. The summed E-state index contributed by atoms with van der Waals surface area (Å²) < 4.78 is 2.04.